The zero-order valence-electron chi connectivity index (χ0n) is 26.7. The number of hydrogen-bond acceptors (Lipinski definition) is 4. The lowest BCUT2D eigenvalue weighted by Gasteiger charge is -2.71. The smallest absolute Gasteiger partial charge is 0.352 e. The quantitative estimate of drug-likeness (QED) is 0.461. The average molecular weight is 588 g/mol. The van der Waals surface area contributed by atoms with Crippen LogP contribution in [0.1, 0.15) is 86.5 Å². The maximum absolute atomic E-state index is 14.7. The van der Waals surface area contributed by atoms with Gasteiger partial charge in [-0.2, -0.15) is 0 Å². The highest BCUT2D eigenvalue weighted by Crippen LogP contribution is 2.74. The Morgan fingerprint density at radius 1 is 0.930 bits per heavy atom. The number of fused-ring (bicyclic) bond motifs is 1. The number of nitrogens with zero attached hydrogens (tertiary/aromatic N) is 3. The van der Waals surface area contributed by atoms with Crippen LogP contribution in [0.5, 0.6) is 0 Å². The number of benzene rings is 1. The molecule has 2 aliphatic heterocycles. The van der Waals surface area contributed by atoms with E-state index in [1.165, 1.54) is 4.57 Å². The van der Waals surface area contributed by atoms with Crippen molar-refractivity contribution in [3.63, 3.8) is 0 Å². The first-order valence-corrected chi connectivity index (χ1v) is 16.6. The molecular formula is C36H49N3O4. The van der Waals surface area contributed by atoms with Gasteiger partial charge in [0.05, 0.1) is 28.5 Å². The molecule has 2 aromatic rings. The third kappa shape index (κ3) is 3.50. The molecule has 3 fully saturated rings. The van der Waals surface area contributed by atoms with Crippen molar-refractivity contribution in [1.29, 1.82) is 0 Å². The van der Waals surface area contributed by atoms with Crippen molar-refractivity contribution in [3.05, 3.63) is 75.6 Å². The van der Waals surface area contributed by atoms with Gasteiger partial charge in [0.1, 0.15) is 0 Å². The third-order valence-corrected chi connectivity index (χ3v) is 13.7. The van der Waals surface area contributed by atoms with Gasteiger partial charge in [0.25, 0.3) is 0 Å². The van der Waals surface area contributed by atoms with Crippen molar-refractivity contribution in [3.8, 4) is 5.69 Å². The fraction of sp³-hybridized carbons (Fsp3) is 0.667. The summed E-state index contributed by atoms with van der Waals surface area (Å²) < 4.78 is 5.07. The molecule has 1 aromatic heterocycles. The van der Waals surface area contributed by atoms with Crippen molar-refractivity contribution in [2.24, 2.45) is 40.4 Å². The molecule has 10 atom stereocenters. The fourth-order valence-electron chi connectivity index (χ4n) is 11.0. The summed E-state index contributed by atoms with van der Waals surface area (Å²) in [5.41, 5.74) is -2.46. The van der Waals surface area contributed by atoms with Crippen LogP contribution in [0.4, 0.5) is 0 Å². The molecule has 43 heavy (non-hydrogen) atoms. The van der Waals surface area contributed by atoms with Gasteiger partial charge < -0.3 is 10.2 Å². The van der Waals surface area contributed by atoms with Gasteiger partial charge in [-0.25, -0.2) is 23.5 Å². The normalized spacial score (nSPS) is 41.5. The number of hydrogen-bond donors (Lipinski definition) is 2. The maximum Gasteiger partial charge on any atom is 0.352 e. The number of para-hydroxylation sites is 1. The maximum atomic E-state index is 14.7. The van der Waals surface area contributed by atoms with Crippen LogP contribution in [-0.2, 0) is 11.1 Å². The van der Waals surface area contributed by atoms with E-state index in [2.05, 4.69) is 39.0 Å². The molecule has 6 aliphatic rings. The number of rotatable bonds is 5. The predicted octanol–water partition coefficient (Wildman–Crippen LogP) is 5.37. The van der Waals surface area contributed by atoms with E-state index < -0.39 is 22.8 Å². The molecular weight excluding hydrogens is 538 g/mol. The van der Waals surface area contributed by atoms with E-state index in [0.717, 1.165) is 38.5 Å². The Labute approximate surface area is 254 Å². The molecule has 0 unspecified atom stereocenters. The van der Waals surface area contributed by atoms with Crippen molar-refractivity contribution in [2.45, 2.75) is 109 Å². The van der Waals surface area contributed by atoms with E-state index in [4.69, 9.17) is 0 Å². The Morgan fingerprint density at radius 2 is 1.63 bits per heavy atom. The average Bonchev–Trinajstić information content (AvgIpc) is 3.47. The van der Waals surface area contributed by atoms with Crippen LogP contribution >= 0.6 is 0 Å². The van der Waals surface area contributed by atoms with Gasteiger partial charge in [0, 0.05) is 11.8 Å². The number of allylic oxidation sites excluding steroid dienone is 3. The second-order valence-corrected chi connectivity index (χ2v) is 15.8. The van der Waals surface area contributed by atoms with Crippen molar-refractivity contribution in [2.75, 3.05) is 0 Å². The summed E-state index contributed by atoms with van der Waals surface area (Å²) in [6, 6.07) is 9.31. The van der Waals surface area contributed by atoms with E-state index in [1.807, 2.05) is 66.5 Å². The van der Waals surface area contributed by atoms with Crippen LogP contribution in [-0.4, -0.2) is 35.8 Å². The van der Waals surface area contributed by atoms with E-state index in [-0.39, 0.29) is 45.9 Å². The lowest BCUT2D eigenvalue weighted by molar-refractivity contribution is -0.199. The molecule has 232 valence electrons. The molecule has 4 aliphatic carbocycles. The number of aromatic nitrogens is 3. The van der Waals surface area contributed by atoms with E-state index in [9.17, 15) is 19.8 Å². The van der Waals surface area contributed by atoms with Gasteiger partial charge in [-0.05, 0) is 92.6 Å². The lowest BCUT2D eigenvalue weighted by atomic mass is 9.40. The fourth-order valence-corrected chi connectivity index (χ4v) is 11.0. The molecule has 0 amide bonds. The third-order valence-electron chi connectivity index (χ3n) is 13.7. The first kappa shape index (κ1) is 29.1. The molecule has 0 saturated heterocycles. The second kappa shape index (κ2) is 9.20. The molecule has 8 rings (SSSR count). The summed E-state index contributed by atoms with van der Waals surface area (Å²) in [5, 5.41) is 22.0. The van der Waals surface area contributed by atoms with E-state index in [1.54, 1.807) is 0 Å². The summed E-state index contributed by atoms with van der Waals surface area (Å²) in [5.74, 6) is 1.20. The highest BCUT2D eigenvalue weighted by Gasteiger charge is 2.75. The zero-order chi connectivity index (χ0) is 30.7. The van der Waals surface area contributed by atoms with Crippen LogP contribution in [0.25, 0.3) is 5.69 Å². The van der Waals surface area contributed by atoms with Gasteiger partial charge in [-0.1, -0.05) is 77.1 Å². The minimum Gasteiger partial charge on any atom is -0.393 e. The van der Waals surface area contributed by atoms with Gasteiger partial charge in [0.15, 0.2) is 0 Å². The minimum absolute atomic E-state index is 0.0364. The van der Waals surface area contributed by atoms with Gasteiger partial charge in [0.2, 0.25) is 0 Å². The van der Waals surface area contributed by atoms with E-state index in [0.29, 0.717) is 18.0 Å². The van der Waals surface area contributed by atoms with Crippen molar-refractivity contribution >= 4 is 0 Å². The Hall–Kier alpha value is -2.64. The molecule has 0 radical (unpaired) electrons. The Balaban J connectivity index is 1.42. The lowest BCUT2D eigenvalue weighted by Crippen LogP contribution is -2.76. The Morgan fingerprint density at radius 3 is 2.33 bits per heavy atom. The van der Waals surface area contributed by atoms with Gasteiger partial charge >= 0.3 is 11.4 Å². The van der Waals surface area contributed by atoms with Gasteiger partial charge in [-0.3, -0.25) is 0 Å². The van der Waals surface area contributed by atoms with Crippen LogP contribution in [0.15, 0.2) is 64.2 Å². The summed E-state index contributed by atoms with van der Waals surface area (Å²) in [6.45, 7) is 13.0. The molecule has 2 bridgehead atoms. The second-order valence-electron chi connectivity index (χ2n) is 15.8. The SMILES string of the molecule is CC(C)[C@](C)(O)C=C[C@@H](C)[C@H]1CC[C@@H]2[C@]1(C)CC[C@H]1[C@@]23C=C[C@@]2(C[C@@H](O)CC[C@]12C)n1c(=O)n(-c2ccccc2)c(=O)n13. The first-order valence-electron chi connectivity index (χ1n) is 16.6. The van der Waals surface area contributed by atoms with Gasteiger partial charge in [-0.15, -0.1) is 0 Å². The monoisotopic (exact) mass is 587 g/mol. The standard InChI is InChI=1S/C36H49N3O4/c1-23(2)34(6,43)19-14-24(3)27-12-13-28-32(27,4)17-16-29-33(5)18-15-26(40)22-35(33)20-21-36(28,29)39-31(42)37(30(41)38(35)39)25-10-8-7-9-11-25/h7-11,14,19-21,23-24,26-29,40,43H,12-13,15-18,22H2,1-6H3/t24-,26+,27-,28-,29-,32-,33-,34-,35+,36-/m1/s1. The summed E-state index contributed by atoms with van der Waals surface area (Å²) >= 11 is 0. The van der Waals surface area contributed by atoms with Crippen LogP contribution in [0.3, 0.4) is 0 Å². The Kier molecular flexibility index (Phi) is 6.22. The molecule has 1 aromatic carbocycles. The molecule has 3 saturated carbocycles. The predicted molar refractivity (Wildman–Crippen MR) is 168 cm³/mol. The topological polar surface area (TPSA) is 89.4 Å². The summed E-state index contributed by atoms with van der Waals surface area (Å²) in [7, 11) is 0. The van der Waals surface area contributed by atoms with E-state index >= 15 is 0 Å². The molecule has 7 nitrogen and oxygen atoms in total. The molecule has 2 N–H and O–H groups in total. The Bertz CT molecular complexity index is 1610. The molecule has 2 spiro atoms. The largest absolute Gasteiger partial charge is 0.393 e. The van der Waals surface area contributed by atoms with Crippen LogP contribution < -0.4 is 11.4 Å². The highest BCUT2D eigenvalue weighted by atomic mass is 16.3. The molecule has 3 heterocycles. The number of aliphatic hydroxyl groups is 2. The van der Waals surface area contributed by atoms with Crippen LogP contribution in [0.2, 0.25) is 0 Å². The zero-order valence-corrected chi connectivity index (χ0v) is 26.7. The summed E-state index contributed by atoms with van der Waals surface area (Å²) in [4.78, 5) is 29.2. The van der Waals surface area contributed by atoms with Crippen molar-refractivity contribution in [1.82, 2.24) is 13.9 Å². The highest BCUT2D eigenvalue weighted by molar-refractivity contribution is 5.38. The molecule has 7 heteroatoms. The number of aliphatic hydroxyl groups excluding tert-OH is 1. The van der Waals surface area contributed by atoms with Crippen molar-refractivity contribution < 1.29 is 10.2 Å². The minimum atomic E-state index is -0.855. The summed E-state index contributed by atoms with van der Waals surface area (Å²) in [6.07, 6.45) is 14.4. The van der Waals surface area contributed by atoms with Crippen LogP contribution in [0, 0.1) is 40.4 Å². The first-order chi connectivity index (χ1) is 20.2.